The van der Waals surface area contributed by atoms with Crippen LogP contribution in [-0.4, -0.2) is 60.9 Å². The number of fused-ring (bicyclic) bond motifs is 3. The van der Waals surface area contributed by atoms with E-state index < -0.39 is 60.5 Å². The van der Waals surface area contributed by atoms with Crippen molar-refractivity contribution in [2.24, 2.45) is 0 Å². The van der Waals surface area contributed by atoms with E-state index in [1.807, 2.05) is 24.3 Å². The van der Waals surface area contributed by atoms with Crippen LogP contribution in [0.3, 0.4) is 0 Å². The van der Waals surface area contributed by atoms with Crippen LogP contribution in [-0.2, 0) is 27.2 Å². The molecule has 0 amide bonds. The van der Waals surface area contributed by atoms with E-state index >= 15 is 0 Å². The Morgan fingerprint density at radius 2 is 0.838 bits per heavy atom. The van der Waals surface area contributed by atoms with Gasteiger partial charge in [-0.1, -0.05) is 105 Å². The van der Waals surface area contributed by atoms with E-state index in [9.17, 15) is 64.8 Å². The highest BCUT2D eigenvalue weighted by atomic mass is 32.1. The maximum absolute atomic E-state index is 14.8. The number of carbonyl (C=O) groups is 3. The summed E-state index contributed by atoms with van der Waals surface area (Å²) in [6.07, 6.45) is -3.79. The fraction of sp³-hybridized carbons (Fsp3) is 0.0921. The lowest BCUT2D eigenvalue weighted by molar-refractivity contribution is -0.132. The molecule has 3 aromatic heterocycles. The summed E-state index contributed by atoms with van der Waals surface area (Å²) >= 11 is 3.56. The summed E-state index contributed by atoms with van der Waals surface area (Å²) in [5, 5.41) is 57.7. The van der Waals surface area contributed by atoms with Crippen molar-refractivity contribution in [1.29, 1.82) is 0 Å². The number of carboxylic acids is 3. The van der Waals surface area contributed by atoms with E-state index in [2.05, 4.69) is 13.8 Å². The van der Waals surface area contributed by atoms with Crippen LogP contribution in [0.1, 0.15) is 53.1 Å². The second-order valence-corrected chi connectivity index (χ2v) is 25.4. The molecular weight excluding hydrogens is 1350 g/mol. The number of rotatable bonds is 18. The molecule has 0 fully saturated rings. The van der Waals surface area contributed by atoms with Gasteiger partial charge in [0.1, 0.15) is 34.6 Å². The number of hydrogen-bond donors (Lipinski definition) is 6. The van der Waals surface area contributed by atoms with E-state index in [1.165, 1.54) is 71.2 Å². The van der Waals surface area contributed by atoms with Gasteiger partial charge >= 0.3 is 30.3 Å². The Kier molecular flexibility index (Phi) is 21.7. The van der Waals surface area contributed by atoms with E-state index in [1.54, 1.807) is 115 Å². The molecule has 0 aliphatic heterocycles. The molecule has 0 atom stereocenters. The zero-order valence-corrected chi connectivity index (χ0v) is 54.2. The molecule has 0 saturated carbocycles. The van der Waals surface area contributed by atoms with Gasteiger partial charge in [-0.05, 0) is 166 Å². The van der Waals surface area contributed by atoms with Crippen LogP contribution in [0.5, 0.6) is 51.7 Å². The molecule has 0 radical (unpaired) electrons. The molecule has 0 unspecified atom stereocenters. The third-order valence-corrected chi connectivity index (χ3v) is 18.3. The predicted octanol–water partition coefficient (Wildman–Crippen LogP) is 22.1. The smallest absolute Gasteiger partial charge is 0.393 e. The summed E-state index contributed by atoms with van der Waals surface area (Å²) in [6.45, 7) is 4.20. The number of benzene rings is 9. The van der Waals surface area contributed by atoms with Gasteiger partial charge in [0, 0.05) is 49.4 Å². The van der Waals surface area contributed by atoms with Crippen molar-refractivity contribution in [2.75, 3.05) is 0 Å². The van der Waals surface area contributed by atoms with Gasteiger partial charge in [-0.2, -0.15) is 26.3 Å². The van der Waals surface area contributed by atoms with Gasteiger partial charge < -0.3 is 44.8 Å². The Bertz CT molecular complexity index is 5050. The van der Waals surface area contributed by atoms with Crippen molar-refractivity contribution in [3.8, 4) is 83.1 Å². The van der Waals surface area contributed by atoms with E-state index in [0.29, 0.717) is 80.6 Å². The zero-order valence-electron chi connectivity index (χ0n) is 51.7. The molecule has 6 N–H and O–H groups in total. The van der Waals surface area contributed by atoms with Gasteiger partial charge in [0.25, 0.3) is 0 Å². The summed E-state index contributed by atoms with van der Waals surface area (Å²) < 4.78 is 128. The maximum atomic E-state index is 14.8. The van der Waals surface area contributed by atoms with Crippen LogP contribution in [0.2, 0.25) is 0 Å². The van der Waals surface area contributed by atoms with Crippen molar-refractivity contribution in [3.63, 3.8) is 0 Å². The highest BCUT2D eigenvalue weighted by Gasteiger charge is 2.32. The van der Waals surface area contributed by atoms with Crippen molar-refractivity contribution in [2.45, 2.75) is 45.0 Å². The molecule has 0 aliphatic carbocycles. The lowest BCUT2D eigenvalue weighted by Gasteiger charge is -2.14. The number of phenolic OH excluding ortho intramolecular Hbond substituents is 3. The summed E-state index contributed by atoms with van der Waals surface area (Å²) in [7, 11) is 0. The van der Waals surface area contributed by atoms with E-state index in [0.717, 1.165) is 69.3 Å². The first kappa shape index (κ1) is 70.5. The van der Waals surface area contributed by atoms with Gasteiger partial charge in [0.05, 0.1) is 32.2 Å². The third-order valence-electron chi connectivity index (χ3n) is 14.7. The zero-order chi connectivity index (χ0) is 70.9. The normalized spacial score (nSPS) is 11.7. The average Bonchev–Trinajstić information content (AvgIpc) is 1.98. The molecule has 504 valence electrons. The molecule has 12 rings (SSSR count). The number of alkyl halides is 6. The number of phenols is 3. The Hall–Kier alpha value is -11.3. The molecule has 0 aliphatic rings. The van der Waals surface area contributed by atoms with Gasteiger partial charge in [0.15, 0.2) is 28.8 Å². The predicted molar refractivity (Wildman–Crippen MR) is 370 cm³/mol. The fourth-order valence-corrected chi connectivity index (χ4v) is 13.9. The largest absolute Gasteiger partial charge is 0.508 e. The summed E-state index contributed by atoms with van der Waals surface area (Å²) in [5.74, 6) is -2.23. The summed E-state index contributed by atoms with van der Waals surface area (Å²) in [5.41, 5.74) is 4.52. The Labute approximate surface area is 571 Å². The SMILES string of the molecule is CC(C)c1ccccc1-c1sc2c(F)c(O)ccc2c1Oc1ccc(/C=C/C(=O)O)cc1.O=C(O)/C=C/c1ccc(Oc2c(-c3cc(F)ccc3CC(F)(F)F)sc3cc(O)ccc23)cc1.O=C(O)/C=C/c1ccc(Oc2c(-c3ccccc3CC(F)(F)F)sc3cc(O)ccc23)cc1. The molecule has 12 nitrogen and oxygen atoms in total. The quantitative estimate of drug-likeness (QED) is 0.0351. The Morgan fingerprint density at radius 3 is 1.28 bits per heavy atom. The highest BCUT2D eigenvalue weighted by Crippen LogP contribution is 2.53. The number of carboxylic acid groups (broad SMARTS) is 3. The number of thiophene rings is 3. The molecule has 3 heterocycles. The molecule has 0 saturated heterocycles. The average molecular weight is 1410 g/mol. The van der Waals surface area contributed by atoms with Gasteiger partial charge in [0.2, 0.25) is 0 Å². The summed E-state index contributed by atoms with van der Waals surface area (Å²) in [4.78, 5) is 33.7. The lowest BCUT2D eigenvalue weighted by atomic mass is 9.96. The molecule has 99 heavy (non-hydrogen) atoms. The van der Waals surface area contributed by atoms with Crippen LogP contribution < -0.4 is 14.2 Å². The number of aliphatic carboxylic acids is 3. The van der Waals surface area contributed by atoms with Crippen LogP contribution in [0, 0.1) is 11.6 Å². The number of hydrogen-bond acceptors (Lipinski definition) is 12. The minimum atomic E-state index is -4.50. The second kappa shape index (κ2) is 30.4. The Balaban J connectivity index is 0.000000161. The monoisotopic (exact) mass is 1410 g/mol. The maximum Gasteiger partial charge on any atom is 0.393 e. The van der Waals surface area contributed by atoms with Crippen molar-refractivity contribution >= 4 is 100 Å². The minimum absolute atomic E-state index is 0.0313. The minimum Gasteiger partial charge on any atom is -0.508 e. The van der Waals surface area contributed by atoms with Gasteiger partial charge in [-0.15, -0.1) is 34.0 Å². The van der Waals surface area contributed by atoms with E-state index in [4.69, 9.17) is 29.5 Å². The van der Waals surface area contributed by atoms with Crippen molar-refractivity contribution < 1.29 is 94.4 Å². The Morgan fingerprint density at radius 1 is 0.444 bits per heavy atom. The lowest BCUT2D eigenvalue weighted by Crippen LogP contribution is -2.12. The van der Waals surface area contributed by atoms with Crippen LogP contribution in [0.4, 0.5) is 35.1 Å². The topological polar surface area (TPSA) is 200 Å². The standard InChI is InChI=1S/C26H21FO4S.C25H16F4O4S.C25H17F3O4S/c1-15(2)18-5-3-4-6-19(18)26-24(20-12-13-21(28)23(27)25(20)32-26)31-17-10-7-16(8-11-17)9-14-22(29)30;26-16-5-4-15(13-25(27,28)29)20(11-16)24-23(19-9-6-17(30)12-21(19)34-24)33-18-7-1-14(2-8-18)3-10-22(31)32;26-25(27,28)14-16-3-1-2-4-19(16)24-23(20-11-8-17(29)13-21(20)33-24)32-18-9-5-15(6-10-18)7-12-22(30)31/h3-15,28H,1-2H3,(H,29,30);1-12,30H,13H2,(H,31,32);1-13,29H,14H2,(H,30,31)/b14-9+;10-3+;12-7+. The first-order chi connectivity index (χ1) is 47.1. The van der Waals surface area contributed by atoms with Gasteiger partial charge in [-0.3, -0.25) is 0 Å². The van der Waals surface area contributed by atoms with Crippen molar-refractivity contribution in [3.05, 3.63) is 251 Å². The molecular formula is C76H54F8O12S3. The third kappa shape index (κ3) is 18.1. The number of aromatic hydroxyl groups is 3. The van der Waals surface area contributed by atoms with E-state index in [-0.39, 0.29) is 44.7 Å². The molecule has 0 bridgehead atoms. The number of halogens is 8. The molecule has 12 aromatic rings. The molecule has 9 aromatic carbocycles. The highest BCUT2D eigenvalue weighted by molar-refractivity contribution is 7.23. The van der Waals surface area contributed by atoms with Crippen LogP contribution >= 0.6 is 34.0 Å². The first-order valence-electron chi connectivity index (χ1n) is 29.7. The van der Waals surface area contributed by atoms with Crippen molar-refractivity contribution in [1.82, 2.24) is 0 Å². The second-order valence-electron chi connectivity index (χ2n) is 22.2. The summed E-state index contributed by atoms with van der Waals surface area (Å²) in [6, 6.07) is 49.5. The molecule has 0 spiro atoms. The fourth-order valence-electron chi connectivity index (χ4n) is 10.3. The van der Waals surface area contributed by atoms with Crippen LogP contribution in [0.25, 0.3) is 79.8 Å². The van der Waals surface area contributed by atoms with Crippen LogP contribution in [0.15, 0.2) is 206 Å². The first-order valence-corrected chi connectivity index (χ1v) is 32.2. The number of ether oxygens (including phenoxy) is 3. The van der Waals surface area contributed by atoms with Gasteiger partial charge in [-0.25, -0.2) is 23.2 Å². The molecule has 23 heteroatoms.